The molecule has 9 heteroatoms. The Morgan fingerprint density at radius 2 is 1.93 bits per heavy atom. The van der Waals surface area contributed by atoms with Gasteiger partial charge in [0, 0.05) is 18.4 Å². The molecule has 0 spiro atoms. The number of hydrogen-bond donors (Lipinski definition) is 1. The third-order valence-electron chi connectivity index (χ3n) is 4.27. The van der Waals surface area contributed by atoms with Gasteiger partial charge in [0.25, 0.3) is 5.91 Å². The van der Waals surface area contributed by atoms with Crippen LogP contribution in [0.5, 0.6) is 0 Å². The van der Waals surface area contributed by atoms with E-state index in [1.54, 1.807) is 19.1 Å². The van der Waals surface area contributed by atoms with Crippen LogP contribution in [0.15, 0.2) is 24.3 Å². The summed E-state index contributed by atoms with van der Waals surface area (Å²) in [6, 6.07) is 8.07. The number of imide groups is 1. The van der Waals surface area contributed by atoms with E-state index in [1.165, 1.54) is 19.2 Å². The minimum atomic E-state index is -0.590. The number of esters is 1. The molecule has 1 N–H and O–H groups in total. The quantitative estimate of drug-likeness (QED) is 0.626. The molecule has 0 aliphatic carbocycles. The van der Waals surface area contributed by atoms with Gasteiger partial charge < -0.3 is 10.1 Å². The summed E-state index contributed by atoms with van der Waals surface area (Å²) < 4.78 is 4.69. The smallest absolute Gasteiger partial charge is 0.348 e. The molecule has 3 amide bonds. The topological polar surface area (TPSA) is 117 Å². The van der Waals surface area contributed by atoms with Crippen LogP contribution in [0, 0.1) is 18.3 Å². The van der Waals surface area contributed by atoms with Gasteiger partial charge in [-0.1, -0.05) is 6.07 Å². The van der Waals surface area contributed by atoms with E-state index in [9.17, 15) is 24.4 Å². The van der Waals surface area contributed by atoms with Crippen molar-refractivity contribution in [2.24, 2.45) is 0 Å². The summed E-state index contributed by atoms with van der Waals surface area (Å²) >= 11 is 0.949. The van der Waals surface area contributed by atoms with Crippen molar-refractivity contribution in [1.82, 2.24) is 0 Å². The van der Waals surface area contributed by atoms with Gasteiger partial charge in [-0.15, -0.1) is 11.3 Å². The number of benzene rings is 1. The fourth-order valence-electron chi connectivity index (χ4n) is 2.85. The maximum absolute atomic E-state index is 12.7. The van der Waals surface area contributed by atoms with E-state index in [4.69, 9.17) is 4.74 Å². The molecule has 8 nitrogen and oxygen atoms in total. The van der Waals surface area contributed by atoms with Crippen molar-refractivity contribution >= 4 is 45.7 Å². The summed E-state index contributed by atoms with van der Waals surface area (Å²) in [5.74, 6) is -1.75. The van der Waals surface area contributed by atoms with Crippen LogP contribution < -0.4 is 10.2 Å². The first-order valence-electron chi connectivity index (χ1n) is 8.26. The number of anilines is 2. The number of nitrogens with zero attached hydrogens (tertiary/aromatic N) is 2. The molecule has 0 radical (unpaired) electrons. The van der Waals surface area contributed by atoms with Crippen LogP contribution in [0.25, 0.3) is 0 Å². The zero-order valence-corrected chi connectivity index (χ0v) is 15.9. The molecule has 0 atom stereocenters. The first-order valence-corrected chi connectivity index (χ1v) is 9.08. The minimum absolute atomic E-state index is 0.144. The van der Waals surface area contributed by atoms with Gasteiger partial charge in [0.2, 0.25) is 11.8 Å². The van der Waals surface area contributed by atoms with Crippen molar-refractivity contribution in [3.63, 3.8) is 0 Å². The molecule has 1 aliphatic heterocycles. The third kappa shape index (κ3) is 3.37. The van der Waals surface area contributed by atoms with Gasteiger partial charge in [-0.2, -0.15) is 5.26 Å². The molecule has 142 valence electrons. The number of ether oxygens (including phenoxy) is 1. The molecule has 0 unspecified atom stereocenters. The van der Waals surface area contributed by atoms with Crippen molar-refractivity contribution in [2.75, 3.05) is 17.3 Å². The molecular formula is C19H15N3O5S. The Morgan fingerprint density at radius 3 is 2.54 bits per heavy atom. The van der Waals surface area contributed by atoms with Crippen molar-refractivity contribution in [1.29, 1.82) is 5.26 Å². The van der Waals surface area contributed by atoms with Crippen LogP contribution in [0.3, 0.4) is 0 Å². The van der Waals surface area contributed by atoms with E-state index in [-0.39, 0.29) is 45.7 Å². The molecule has 1 saturated heterocycles. The van der Waals surface area contributed by atoms with Gasteiger partial charge >= 0.3 is 5.97 Å². The highest BCUT2D eigenvalue weighted by molar-refractivity contribution is 7.18. The highest BCUT2D eigenvalue weighted by Gasteiger charge is 2.30. The Labute approximate surface area is 164 Å². The SMILES string of the molecule is COC(=O)c1sc(NC(=O)c2cccc(N3C(=O)CCC3=O)c2)c(C#N)c1C. The van der Waals surface area contributed by atoms with E-state index in [0.29, 0.717) is 11.3 Å². The van der Waals surface area contributed by atoms with Crippen molar-refractivity contribution in [2.45, 2.75) is 19.8 Å². The lowest BCUT2D eigenvalue weighted by molar-refractivity contribution is -0.121. The Kier molecular flexibility index (Phi) is 5.24. The van der Waals surface area contributed by atoms with Crippen molar-refractivity contribution < 1.29 is 23.9 Å². The number of nitriles is 1. The van der Waals surface area contributed by atoms with Crippen LogP contribution >= 0.6 is 11.3 Å². The zero-order chi connectivity index (χ0) is 20.4. The van der Waals surface area contributed by atoms with Gasteiger partial charge in [-0.05, 0) is 30.7 Å². The van der Waals surface area contributed by atoms with Gasteiger partial charge in [0.15, 0.2) is 0 Å². The summed E-state index contributed by atoms with van der Waals surface area (Å²) in [6.45, 7) is 1.60. The number of carbonyl (C=O) groups excluding carboxylic acids is 4. The molecule has 0 bridgehead atoms. The lowest BCUT2D eigenvalue weighted by Gasteiger charge is -2.14. The second-order valence-corrected chi connectivity index (χ2v) is 7.01. The molecule has 28 heavy (non-hydrogen) atoms. The fraction of sp³-hybridized carbons (Fsp3) is 0.211. The number of nitrogens with one attached hydrogen (secondary N) is 1. The van der Waals surface area contributed by atoms with Gasteiger partial charge in [0.1, 0.15) is 15.9 Å². The number of thiophene rings is 1. The van der Waals surface area contributed by atoms with E-state index in [1.807, 2.05) is 6.07 Å². The Hall–Kier alpha value is -3.51. The lowest BCUT2D eigenvalue weighted by Crippen LogP contribution is -2.28. The first kappa shape index (κ1) is 19.3. The molecule has 1 aromatic carbocycles. The molecule has 1 aromatic heterocycles. The average Bonchev–Trinajstić information content (AvgIpc) is 3.19. The lowest BCUT2D eigenvalue weighted by atomic mass is 10.1. The summed E-state index contributed by atoms with van der Waals surface area (Å²) in [6.07, 6.45) is 0.289. The Bertz CT molecular complexity index is 1030. The largest absolute Gasteiger partial charge is 0.465 e. The number of rotatable bonds is 4. The summed E-state index contributed by atoms with van der Waals surface area (Å²) in [4.78, 5) is 49.6. The van der Waals surface area contributed by atoms with Gasteiger partial charge in [-0.3, -0.25) is 19.3 Å². The third-order valence-corrected chi connectivity index (χ3v) is 5.46. The minimum Gasteiger partial charge on any atom is -0.465 e. The van der Waals surface area contributed by atoms with E-state index < -0.39 is 11.9 Å². The van der Waals surface area contributed by atoms with Crippen LogP contribution in [0.1, 0.15) is 44.0 Å². The summed E-state index contributed by atoms with van der Waals surface area (Å²) in [5, 5.41) is 12.2. The molecule has 2 aromatic rings. The van der Waals surface area contributed by atoms with Crippen molar-refractivity contribution in [3.05, 3.63) is 45.8 Å². The molecule has 3 rings (SSSR count). The predicted molar refractivity (Wildman–Crippen MR) is 101 cm³/mol. The summed E-state index contributed by atoms with van der Waals surface area (Å²) in [7, 11) is 1.23. The van der Waals surface area contributed by atoms with E-state index in [2.05, 4.69) is 5.32 Å². The van der Waals surface area contributed by atoms with Crippen LogP contribution in [0.4, 0.5) is 10.7 Å². The molecule has 1 fully saturated rings. The second kappa shape index (κ2) is 7.62. The Morgan fingerprint density at radius 1 is 1.25 bits per heavy atom. The zero-order valence-electron chi connectivity index (χ0n) is 15.1. The number of methoxy groups -OCH3 is 1. The van der Waals surface area contributed by atoms with Crippen LogP contribution in [0.2, 0.25) is 0 Å². The molecule has 2 heterocycles. The highest BCUT2D eigenvalue weighted by atomic mass is 32.1. The van der Waals surface area contributed by atoms with Gasteiger partial charge in [0.05, 0.1) is 18.4 Å². The van der Waals surface area contributed by atoms with E-state index in [0.717, 1.165) is 16.2 Å². The monoisotopic (exact) mass is 397 g/mol. The maximum atomic E-state index is 12.7. The molecular weight excluding hydrogens is 382 g/mol. The number of amides is 3. The average molecular weight is 397 g/mol. The van der Waals surface area contributed by atoms with Crippen molar-refractivity contribution in [3.8, 4) is 6.07 Å². The molecule has 0 saturated carbocycles. The Balaban J connectivity index is 1.90. The van der Waals surface area contributed by atoms with Crippen LogP contribution in [-0.4, -0.2) is 30.8 Å². The standard InChI is InChI=1S/C19H15N3O5S/c1-10-13(9-20)18(28-16(10)19(26)27-2)21-17(25)11-4-3-5-12(8-11)22-14(23)6-7-15(22)24/h3-5,8H,6-7H2,1-2H3,(H,21,25). The second-order valence-electron chi connectivity index (χ2n) is 5.99. The number of carbonyl (C=O) groups is 4. The fourth-order valence-corrected chi connectivity index (χ4v) is 3.92. The first-order chi connectivity index (χ1) is 13.4. The normalized spacial score (nSPS) is 13.4. The molecule has 1 aliphatic rings. The highest BCUT2D eigenvalue weighted by Crippen LogP contribution is 2.33. The number of hydrogen-bond acceptors (Lipinski definition) is 7. The van der Waals surface area contributed by atoms with Gasteiger partial charge in [-0.25, -0.2) is 4.79 Å². The maximum Gasteiger partial charge on any atom is 0.348 e. The summed E-state index contributed by atoms with van der Waals surface area (Å²) in [5.41, 5.74) is 1.13. The predicted octanol–water partition coefficient (Wildman–Crippen LogP) is 2.62. The van der Waals surface area contributed by atoms with Crippen LogP contribution in [-0.2, 0) is 14.3 Å². The van der Waals surface area contributed by atoms with E-state index >= 15 is 0 Å².